The highest BCUT2D eigenvalue weighted by Gasteiger charge is 2.30. The number of ether oxygens (including phenoxy) is 3. The molecule has 0 aliphatic carbocycles. The van der Waals surface area contributed by atoms with Crippen LogP contribution < -0.4 is 5.32 Å². The second-order valence-electron chi connectivity index (χ2n) is 7.76. The lowest BCUT2D eigenvalue weighted by molar-refractivity contribution is 0.0194. The molecular formula is C20H39IN4O3. The van der Waals surface area contributed by atoms with Gasteiger partial charge in [0.05, 0.1) is 13.2 Å². The summed E-state index contributed by atoms with van der Waals surface area (Å²) in [6.07, 6.45) is 4.49. The zero-order chi connectivity index (χ0) is 18.7. The van der Waals surface area contributed by atoms with Gasteiger partial charge in [-0.2, -0.15) is 0 Å². The number of nitrogens with one attached hydrogen (secondary N) is 1. The molecule has 1 N–H and O–H groups in total. The predicted molar refractivity (Wildman–Crippen MR) is 123 cm³/mol. The molecule has 164 valence electrons. The average molecular weight is 510 g/mol. The number of hydrogen-bond acceptors (Lipinski definition) is 5. The minimum Gasteiger partial charge on any atom is -0.381 e. The summed E-state index contributed by atoms with van der Waals surface area (Å²) in [6, 6.07) is 0.639. The highest BCUT2D eigenvalue weighted by Crippen LogP contribution is 2.17. The van der Waals surface area contributed by atoms with E-state index in [1.807, 2.05) is 0 Å². The van der Waals surface area contributed by atoms with Crippen LogP contribution in [0.1, 0.15) is 32.6 Å². The smallest absolute Gasteiger partial charge is 0.193 e. The monoisotopic (exact) mass is 510 g/mol. The van der Waals surface area contributed by atoms with Gasteiger partial charge in [-0.05, 0) is 38.5 Å². The van der Waals surface area contributed by atoms with Gasteiger partial charge in [-0.1, -0.05) is 0 Å². The molecule has 0 amide bonds. The van der Waals surface area contributed by atoms with Crippen molar-refractivity contribution in [2.75, 3.05) is 78.9 Å². The van der Waals surface area contributed by atoms with Crippen LogP contribution in [-0.4, -0.2) is 101 Å². The topological polar surface area (TPSA) is 58.6 Å². The molecule has 1 unspecified atom stereocenters. The SMILES string of the molecule is CCNC(=NCCCOCC1CCOCC1)N1CCC(N2CCOCC2)C1.I. The molecule has 3 saturated heterocycles. The Hall–Kier alpha value is -0.160. The maximum absolute atomic E-state index is 5.86. The summed E-state index contributed by atoms with van der Waals surface area (Å²) in [5, 5.41) is 3.47. The fourth-order valence-corrected chi connectivity index (χ4v) is 4.12. The Kier molecular flexibility index (Phi) is 12.0. The van der Waals surface area contributed by atoms with Gasteiger partial charge in [0.2, 0.25) is 0 Å². The number of rotatable bonds is 8. The third kappa shape index (κ3) is 7.93. The van der Waals surface area contributed by atoms with Gasteiger partial charge < -0.3 is 24.4 Å². The average Bonchev–Trinajstić information content (AvgIpc) is 3.21. The zero-order valence-corrected chi connectivity index (χ0v) is 19.8. The third-order valence-corrected chi connectivity index (χ3v) is 5.76. The highest BCUT2D eigenvalue weighted by molar-refractivity contribution is 14.0. The zero-order valence-electron chi connectivity index (χ0n) is 17.4. The lowest BCUT2D eigenvalue weighted by Gasteiger charge is -2.32. The van der Waals surface area contributed by atoms with Crippen molar-refractivity contribution in [3.05, 3.63) is 0 Å². The minimum atomic E-state index is 0. The van der Waals surface area contributed by atoms with E-state index in [1.54, 1.807) is 0 Å². The maximum Gasteiger partial charge on any atom is 0.193 e. The number of aliphatic imine (C=N–C) groups is 1. The molecule has 0 radical (unpaired) electrons. The number of halogens is 1. The summed E-state index contributed by atoms with van der Waals surface area (Å²) < 4.78 is 16.7. The highest BCUT2D eigenvalue weighted by atomic mass is 127. The summed E-state index contributed by atoms with van der Waals surface area (Å²) in [7, 11) is 0. The quantitative estimate of drug-likeness (QED) is 0.233. The van der Waals surface area contributed by atoms with Crippen LogP contribution in [0.3, 0.4) is 0 Å². The molecule has 1 atom stereocenters. The molecule has 0 aromatic heterocycles. The molecule has 28 heavy (non-hydrogen) atoms. The molecule has 8 heteroatoms. The van der Waals surface area contributed by atoms with Crippen molar-refractivity contribution in [2.45, 2.75) is 38.6 Å². The Bertz CT molecular complexity index is 443. The van der Waals surface area contributed by atoms with Gasteiger partial charge >= 0.3 is 0 Å². The molecule has 0 spiro atoms. The third-order valence-electron chi connectivity index (χ3n) is 5.76. The van der Waals surface area contributed by atoms with Crippen LogP contribution in [0.5, 0.6) is 0 Å². The second kappa shape index (κ2) is 14.0. The fourth-order valence-electron chi connectivity index (χ4n) is 4.12. The van der Waals surface area contributed by atoms with E-state index in [9.17, 15) is 0 Å². The molecule has 0 aromatic rings. The summed E-state index contributed by atoms with van der Waals surface area (Å²) in [6.45, 7) is 13.4. The molecular weight excluding hydrogens is 471 g/mol. The first-order valence-corrected chi connectivity index (χ1v) is 10.9. The van der Waals surface area contributed by atoms with Crippen LogP contribution in [0, 0.1) is 5.92 Å². The van der Waals surface area contributed by atoms with Crippen LogP contribution in [0.25, 0.3) is 0 Å². The summed E-state index contributed by atoms with van der Waals surface area (Å²) in [5.74, 6) is 1.75. The number of morpholine rings is 1. The van der Waals surface area contributed by atoms with Gasteiger partial charge in [-0.3, -0.25) is 9.89 Å². The Morgan fingerprint density at radius 1 is 1.07 bits per heavy atom. The van der Waals surface area contributed by atoms with Crippen LogP contribution >= 0.6 is 24.0 Å². The number of guanidine groups is 1. The van der Waals surface area contributed by atoms with Crippen LogP contribution in [0.4, 0.5) is 0 Å². The summed E-state index contributed by atoms with van der Waals surface area (Å²) in [4.78, 5) is 9.85. The minimum absolute atomic E-state index is 0. The molecule has 3 aliphatic heterocycles. The fraction of sp³-hybridized carbons (Fsp3) is 0.950. The number of nitrogens with zero attached hydrogens (tertiary/aromatic N) is 3. The molecule has 0 aromatic carbocycles. The molecule has 3 heterocycles. The van der Waals surface area contributed by atoms with E-state index < -0.39 is 0 Å². The van der Waals surface area contributed by atoms with E-state index in [1.165, 1.54) is 6.42 Å². The van der Waals surface area contributed by atoms with E-state index in [0.717, 1.165) is 104 Å². The predicted octanol–water partition coefficient (Wildman–Crippen LogP) is 1.81. The number of hydrogen-bond donors (Lipinski definition) is 1. The van der Waals surface area contributed by atoms with Crippen molar-refractivity contribution in [3.8, 4) is 0 Å². The molecule has 0 bridgehead atoms. The molecule has 3 rings (SSSR count). The van der Waals surface area contributed by atoms with Crippen LogP contribution in [0.15, 0.2) is 4.99 Å². The first-order valence-electron chi connectivity index (χ1n) is 10.9. The van der Waals surface area contributed by atoms with Crippen LogP contribution in [-0.2, 0) is 14.2 Å². The standard InChI is InChI=1S/C20H38N4O3.HI/c1-2-21-20(22-7-3-11-27-17-18-5-12-25-13-6-18)24-8-4-19(16-24)23-9-14-26-15-10-23;/h18-19H,2-17H2,1H3,(H,21,22);1H. The first kappa shape index (κ1) is 24.1. The summed E-state index contributed by atoms with van der Waals surface area (Å²) in [5.41, 5.74) is 0. The second-order valence-corrected chi connectivity index (χ2v) is 7.76. The van der Waals surface area contributed by atoms with E-state index in [4.69, 9.17) is 19.2 Å². The largest absolute Gasteiger partial charge is 0.381 e. The Labute approximate surface area is 187 Å². The Balaban J connectivity index is 0.00000280. The Morgan fingerprint density at radius 3 is 2.57 bits per heavy atom. The van der Waals surface area contributed by atoms with Crippen molar-refractivity contribution >= 4 is 29.9 Å². The molecule has 3 fully saturated rings. The van der Waals surface area contributed by atoms with Crippen molar-refractivity contribution < 1.29 is 14.2 Å². The van der Waals surface area contributed by atoms with E-state index in [-0.39, 0.29) is 24.0 Å². The van der Waals surface area contributed by atoms with Crippen LogP contribution in [0.2, 0.25) is 0 Å². The molecule has 0 saturated carbocycles. The van der Waals surface area contributed by atoms with Gasteiger partial charge in [0.25, 0.3) is 0 Å². The molecule has 7 nitrogen and oxygen atoms in total. The van der Waals surface area contributed by atoms with E-state index in [0.29, 0.717) is 12.0 Å². The van der Waals surface area contributed by atoms with Gasteiger partial charge in [0.1, 0.15) is 0 Å². The van der Waals surface area contributed by atoms with E-state index in [2.05, 4.69) is 22.0 Å². The van der Waals surface area contributed by atoms with Crippen molar-refractivity contribution in [2.24, 2.45) is 10.9 Å². The van der Waals surface area contributed by atoms with E-state index >= 15 is 0 Å². The molecule has 3 aliphatic rings. The maximum atomic E-state index is 5.86. The van der Waals surface area contributed by atoms with Crippen molar-refractivity contribution in [1.29, 1.82) is 0 Å². The first-order chi connectivity index (χ1) is 13.4. The van der Waals surface area contributed by atoms with Crippen molar-refractivity contribution in [3.63, 3.8) is 0 Å². The lowest BCUT2D eigenvalue weighted by atomic mass is 10.0. The van der Waals surface area contributed by atoms with Crippen molar-refractivity contribution in [1.82, 2.24) is 15.1 Å². The normalized spacial score (nSPS) is 25.0. The summed E-state index contributed by atoms with van der Waals surface area (Å²) >= 11 is 0. The number of likely N-dealkylation sites (tertiary alicyclic amines) is 1. The van der Waals surface area contributed by atoms with Gasteiger partial charge in [0, 0.05) is 71.7 Å². The lowest BCUT2D eigenvalue weighted by Crippen LogP contribution is -2.46. The van der Waals surface area contributed by atoms with Gasteiger partial charge in [0.15, 0.2) is 5.96 Å². The van der Waals surface area contributed by atoms with Gasteiger partial charge in [-0.15, -0.1) is 24.0 Å². The Morgan fingerprint density at radius 2 is 1.82 bits per heavy atom. The van der Waals surface area contributed by atoms with Gasteiger partial charge in [-0.25, -0.2) is 0 Å².